The molecule has 19 heavy (non-hydrogen) atoms. The second-order valence-corrected chi connectivity index (χ2v) is 6.05. The van der Waals surface area contributed by atoms with Gasteiger partial charge in [-0.25, -0.2) is 9.97 Å². The van der Waals surface area contributed by atoms with Crippen LogP contribution < -0.4 is 4.68 Å². The summed E-state index contributed by atoms with van der Waals surface area (Å²) in [6.45, 7) is -0.0386. The Morgan fingerprint density at radius 2 is 2.05 bits per heavy atom. The van der Waals surface area contributed by atoms with Gasteiger partial charge >= 0.3 is 0 Å². The first-order valence-electron chi connectivity index (χ1n) is 5.21. The standard InChI is InChI=1S/C9H10N4O4S2/c14-7(6-19(15,16)17)4-13-5-8(18-12-13)9-10-2-1-3-11-9/h1-3,5,7,14H,4,6H2/p+1. The Bertz CT molecular complexity index is 643. The third kappa shape index (κ3) is 4.28. The third-order valence-corrected chi connectivity index (χ3v) is 3.68. The van der Waals surface area contributed by atoms with Crippen LogP contribution in [0.2, 0.25) is 0 Å². The van der Waals surface area contributed by atoms with E-state index in [1.165, 1.54) is 4.68 Å². The molecule has 102 valence electrons. The van der Waals surface area contributed by atoms with Gasteiger partial charge in [-0.05, 0) is 6.07 Å². The zero-order valence-electron chi connectivity index (χ0n) is 9.62. The van der Waals surface area contributed by atoms with Crippen LogP contribution in [0.25, 0.3) is 10.7 Å². The van der Waals surface area contributed by atoms with Crippen LogP contribution in [0.1, 0.15) is 0 Å². The molecule has 1 atom stereocenters. The predicted octanol–water partition coefficient (Wildman–Crippen LogP) is -0.864. The summed E-state index contributed by atoms with van der Waals surface area (Å²) in [6.07, 6.45) is 3.57. The molecule has 2 aromatic heterocycles. The topological polar surface area (TPSA) is 117 Å². The first-order valence-corrected chi connectivity index (χ1v) is 7.59. The van der Waals surface area contributed by atoms with Crippen molar-refractivity contribution < 1.29 is 22.8 Å². The largest absolute Gasteiger partial charge is 0.385 e. The maximum absolute atomic E-state index is 10.6. The van der Waals surface area contributed by atoms with Crippen LogP contribution >= 0.6 is 11.5 Å². The lowest BCUT2D eigenvalue weighted by molar-refractivity contribution is -0.751. The molecule has 0 amide bonds. The summed E-state index contributed by atoms with van der Waals surface area (Å²) in [5, 5.41) is 9.49. The van der Waals surface area contributed by atoms with Gasteiger partial charge in [0.25, 0.3) is 10.1 Å². The highest BCUT2D eigenvalue weighted by atomic mass is 32.2. The molecule has 0 aromatic carbocycles. The van der Waals surface area contributed by atoms with Crippen molar-refractivity contribution in [3.8, 4) is 10.7 Å². The first-order chi connectivity index (χ1) is 8.94. The highest BCUT2D eigenvalue weighted by Crippen LogP contribution is 2.14. The molecule has 2 N–H and O–H groups in total. The van der Waals surface area contributed by atoms with Gasteiger partial charge in [-0.1, -0.05) is 4.68 Å². The number of hydrogen-bond acceptors (Lipinski definition) is 7. The van der Waals surface area contributed by atoms with Crippen LogP contribution in [-0.4, -0.2) is 44.4 Å². The summed E-state index contributed by atoms with van der Waals surface area (Å²) in [5.74, 6) is -0.225. The molecule has 0 aliphatic rings. The van der Waals surface area contributed by atoms with Crippen molar-refractivity contribution in [2.45, 2.75) is 12.6 Å². The van der Waals surface area contributed by atoms with E-state index in [1.807, 2.05) is 0 Å². The highest BCUT2D eigenvalue weighted by Gasteiger charge is 2.21. The van der Waals surface area contributed by atoms with Crippen molar-refractivity contribution >= 4 is 21.7 Å². The molecule has 0 spiro atoms. The normalized spacial score (nSPS) is 13.4. The summed E-state index contributed by atoms with van der Waals surface area (Å²) in [5.41, 5.74) is 0. The lowest BCUT2D eigenvalue weighted by Crippen LogP contribution is -2.43. The molecule has 0 bridgehead atoms. The van der Waals surface area contributed by atoms with Crippen molar-refractivity contribution in [3.63, 3.8) is 0 Å². The predicted molar refractivity (Wildman–Crippen MR) is 65.8 cm³/mol. The SMILES string of the molecule is O=S(=O)(O)CC(O)C[n+]1cc(-c2ncccn2)sn1. The molecule has 0 aliphatic carbocycles. The molecule has 0 fully saturated rings. The summed E-state index contributed by atoms with van der Waals surface area (Å²) in [6, 6.07) is 1.69. The Balaban J connectivity index is 2.06. The minimum absolute atomic E-state index is 0.0386. The van der Waals surface area contributed by atoms with Gasteiger partial charge < -0.3 is 5.11 Å². The second-order valence-electron chi connectivity index (χ2n) is 3.76. The van der Waals surface area contributed by atoms with E-state index in [-0.39, 0.29) is 6.54 Å². The third-order valence-electron chi connectivity index (χ3n) is 2.10. The Hall–Kier alpha value is -1.49. The van der Waals surface area contributed by atoms with Gasteiger partial charge in [0.05, 0.1) is 4.49 Å². The van der Waals surface area contributed by atoms with Crippen LogP contribution in [-0.2, 0) is 16.7 Å². The molecule has 1 unspecified atom stereocenters. The van der Waals surface area contributed by atoms with E-state index in [1.54, 1.807) is 24.7 Å². The van der Waals surface area contributed by atoms with Crippen molar-refractivity contribution in [2.24, 2.45) is 0 Å². The first kappa shape index (κ1) is 13.9. The van der Waals surface area contributed by atoms with Gasteiger partial charge in [-0.3, -0.25) is 4.55 Å². The second kappa shape index (κ2) is 5.65. The molecule has 2 rings (SSSR count). The van der Waals surface area contributed by atoms with Gasteiger partial charge in [0.1, 0.15) is 11.9 Å². The number of aliphatic hydroxyl groups is 1. The number of rotatable bonds is 5. The minimum atomic E-state index is -4.20. The van der Waals surface area contributed by atoms with E-state index in [2.05, 4.69) is 14.5 Å². The van der Waals surface area contributed by atoms with Crippen LogP contribution in [0.15, 0.2) is 24.7 Å². The average molecular weight is 303 g/mol. The van der Waals surface area contributed by atoms with Crippen LogP contribution in [0.3, 0.4) is 0 Å². The van der Waals surface area contributed by atoms with E-state index in [4.69, 9.17) is 4.55 Å². The van der Waals surface area contributed by atoms with Crippen molar-refractivity contribution in [1.82, 2.24) is 14.5 Å². The van der Waals surface area contributed by atoms with Gasteiger partial charge in [0.2, 0.25) is 12.7 Å². The lowest BCUT2D eigenvalue weighted by Gasteiger charge is -2.01. The number of hydrogen-bond donors (Lipinski definition) is 2. The molecule has 0 radical (unpaired) electrons. The van der Waals surface area contributed by atoms with E-state index in [9.17, 15) is 13.5 Å². The Kier molecular flexibility index (Phi) is 4.14. The highest BCUT2D eigenvalue weighted by molar-refractivity contribution is 7.85. The fourth-order valence-electron chi connectivity index (χ4n) is 1.40. The summed E-state index contributed by atoms with van der Waals surface area (Å²) >= 11 is 1.13. The molecule has 2 heterocycles. The van der Waals surface area contributed by atoms with Crippen molar-refractivity contribution in [2.75, 3.05) is 5.75 Å². The molecule has 0 saturated carbocycles. The number of aromatic nitrogens is 4. The quantitative estimate of drug-likeness (QED) is 0.545. The zero-order valence-corrected chi connectivity index (χ0v) is 11.3. The summed E-state index contributed by atoms with van der Waals surface area (Å²) < 4.78 is 35.2. The minimum Gasteiger partial charge on any atom is -0.385 e. The Morgan fingerprint density at radius 3 is 2.68 bits per heavy atom. The molecular formula is C9H11N4O4S2+. The fourth-order valence-corrected chi connectivity index (χ4v) is 2.66. The Labute approximate surface area is 113 Å². The summed E-state index contributed by atoms with van der Waals surface area (Å²) in [4.78, 5) is 8.79. The maximum Gasteiger partial charge on any atom is 0.267 e. The number of aliphatic hydroxyl groups excluding tert-OH is 1. The van der Waals surface area contributed by atoms with Crippen molar-refractivity contribution in [1.29, 1.82) is 0 Å². The molecule has 10 heteroatoms. The van der Waals surface area contributed by atoms with E-state index in [0.29, 0.717) is 10.7 Å². The van der Waals surface area contributed by atoms with Crippen molar-refractivity contribution in [3.05, 3.63) is 24.7 Å². The molecular weight excluding hydrogens is 292 g/mol. The van der Waals surface area contributed by atoms with Gasteiger partial charge in [-0.15, -0.1) is 0 Å². The molecule has 0 aliphatic heterocycles. The van der Waals surface area contributed by atoms with E-state index < -0.39 is 22.0 Å². The average Bonchev–Trinajstić information content (AvgIpc) is 2.76. The van der Waals surface area contributed by atoms with Crippen LogP contribution in [0.4, 0.5) is 0 Å². The molecule has 0 saturated heterocycles. The summed E-state index contributed by atoms with van der Waals surface area (Å²) in [7, 11) is -4.20. The van der Waals surface area contributed by atoms with Gasteiger partial charge in [-0.2, -0.15) is 8.42 Å². The smallest absolute Gasteiger partial charge is 0.267 e. The van der Waals surface area contributed by atoms with Gasteiger partial charge in [0.15, 0.2) is 10.7 Å². The van der Waals surface area contributed by atoms with Gasteiger partial charge in [0, 0.05) is 23.9 Å². The van der Waals surface area contributed by atoms with E-state index in [0.717, 1.165) is 11.5 Å². The molecule has 8 nitrogen and oxygen atoms in total. The molecule has 2 aromatic rings. The lowest BCUT2D eigenvalue weighted by atomic mass is 10.4. The number of nitrogens with zero attached hydrogens (tertiary/aromatic N) is 4. The maximum atomic E-state index is 10.6. The monoisotopic (exact) mass is 303 g/mol. The van der Waals surface area contributed by atoms with Crippen LogP contribution in [0, 0.1) is 0 Å². The Morgan fingerprint density at radius 1 is 1.37 bits per heavy atom. The van der Waals surface area contributed by atoms with E-state index >= 15 is 0 Å². The fraction of sp³-hybridized carbons (Fsp3) is 0.333. The zero-order chi connectivity index (χ0) is 13.9. The van der Waals surface area contributed by atoms with Crippen LogP contribution in [0.5, 0.6) is 0 Å².